The summed E-state index contributed by atoms with van der Waals surface area (Å²) in [5, 5.41) is 7.89. The van der Waals surface area contributed by atoms with Gasteiger partial charge in [0.2, 0.25) is 5.91 Å². The molecule has 1 aromatic heterocycles. The van der Waals surface area contributed by atoms with E-state index in [1.165, 1.54) is 0 Å². The molecule has 1 atom stereocenters. The first-order chi connectivity index (χ1) is 11.9. The summed E-state index contributed by atoms with van der Waals surface area (Å²) < 4.78 is 1.96. The normalized spacial score (nSPS) is 15.6. The van der Waals surface area contributed by atoms with Crippen LogP contribution in [0, 0.1) is 0 Å². The van der Waals surface area contributed by atoms with Crippen molar-refractivity contribution < 1.29 is 4.79 Å². The minimum absolute atomic E-state index is 0. The topological polar surface area (TPSA) is 50.2 Å². The molecule has 1 fully saturated rings. The Morgan fingerprint density at radius 3 is 2.42 bits per heavy atom. The molecule has 0 aliphatic carbocycles. The van der Waals surface area contributed by atoms with Crippen molar-refractivity contribution in [3.05, 3.63) is 53.9 Å². The molecule has 1 aliphatic rings. The minimum Gasteiger partial charge on any atom is -0.341 e. The van der Waals surface area contributed by atoms with E-state index in [0.29, 0.717) is 6.54 Å². The van der Waals surface area contributed by atoms with Crippen LogP contribution in [-0.4, -0.2) is 33.7 Å². The highest BCUT2D eigenvalue weighted by molar-refractivity contribution is 5.85. The van der Waals surface area contributed by atoms with Gasteiger partial charge in [-0.15, -0.1) is 12.4 Å². The zero-order chi connectivity index (χ0) is 17.9. The van der Waals surface area contributed by atoms with Crippen molar-refractivity contribution >= 4 is 18.3 Å². The largest absolute Gasteiger partial charge is 0.341 e. The number of carbonyl (C=O) groups excluding carboxylic acids is 1. The van der Waals surface area contributed by atoms with Crippen molar-refractivity contribution in [2.75, 3.05) is 13.1 Å². The summed E-state index contributed by atoms with van der Waals surface area (Å²) in [4.78, 5) is 14.9. The van der Waals surface area contributed by atoms with Crippen molar-refractivity contribution in [1.29, 1.82) is 0 Å². The monoisotopic (exact) mass is 376 g/mol. The van der Waals surface area contributed by atoms with E-state index in [1.807, 2.05) is 46.1 Å². The average Bonchev–Trinajstić information content (AvgIpc) is 3.27. The van der Waals surface area contributed by atoms with Gasteiger partial charge >= 0.3 is 0 Å². The first-order valence-corrected chi connectivity index (χ1v) is 9.06. The van der Waals surface area contributed by atoms with E-state index in [0.717, 1.165) is 37.1 Å². The van der Waals surface area contributed by atoms with Crippen molar-refractivity contribution in [2.45, 2.75) is 51.7 Å². The molecule has 3 rings (SSSR count). The van der Waals surface area contributed by atoms with E-state index in [4.69, 9.17) is 0 Å². The van der Waals surface area contributed by atoms with Crippen LogP contribution in [0.5, 0.6) is 0 Å². The lowest BCUT2D eigenvalue weighted by Gasteiger charge is -2.24. The Bertz CT molecular complexity index is 702. The Hall–Kier alpha value is -1.85. The molecule has 1 aliphatic heterocycles. The Morgan fingerprint density at radius 2 is 1.85 bits per heavy atom. The molecule has 1 N–H and O–H groups in total. The number of nitrogens with zero attached hydrogens (tertiary/aromatic N) is 3. The Balaban J connectivity index is 0.00000243. The van der Waals surface area contributed by atoms with Crippen LogP contribution in [0.25, 0.3) is 0 Å². The van der Waals surface area contributed by atoms with Crippen LogP contribution in [0.15, 0.2) is 42.7 Å². The van der Waals surface area contributed by atoms with Gasteiger partial charge in [0.05, 0.1) is 11.7 Å². The molecule has 0 spiro atoms. The molecule has 6 heteroatoms. The zero-order valence-corrected chi connectivity index (χ0v) is 16.6. The van der Waals surface area contributed by atoms with Gasteiger partial charge in [0.25, 0.3) is 0 Å². The molecule has 0 bridgehead atoms. The minimum atomic E-state index is -0.308. The molecule has 5 nitrogen and oxygen atoms in total. The summed E-state index contributed by atoms with van der Waals surface area (Å²) in [5.74, 6) is 0.173. The Kier molecular flexibility index (Phi) is 6.84. The highest BCUT2D eigenvalue weighted by atomic mass is 35.5. The van der Waals surface area contributed by atoms with Gasteiger partial charge in [-0.05, 0) is 39.2 Å². The molecule has 142 valence electrons. The Morgan fingerprint density at radius 1 is 1.19 bits per heavy atom. The fourth-order valence-corrected chi connectivity index (χ4v) is 3.15. The fraction of sp³-hybridized carbons (Fsp3) is 0.500. The number of benzene rings is 1. The standard InChI is InChI=1S/C20H28N4O.ClH/c1-20(2,3)24-15-16(14-22-24)13-21-18(17-9-5-4-6-10-17)19(25)23-11-7-8-12-23;/h4-6,9-10,14-15,18,21H,7-8,11-13H2,1-3H3;1H. The number of likely N-dealkylation sites (tertiary alicyclic amines) is 1. The van der Waals surface area contributed by atoms with Crippen LogP contribution >= 0.6 is 12.4 Å². The molecule has 1 saturated heterocycles. The van der Waals surface area contributed by atoms with Crippen molar-refractivity contribution in [3.63, 3.8) is 0 Å². The van der Waals surface area contributed by atoms with Crippen molar-refractivity contribution in [3.8, 4) is 0 Å². The quantitative estimate of drug-likeness (QED) is 0.868. The molecular formula is C20H29ClN4O. The van der Waals surface area contributed by atoms with Gasteiger partial charge < -0.3 is 4.90 Å². The van der Waals surface area contributed by atoms with Gasteiger partial charge in [-0.3, -0.25) is 14.8 Å². The lowest BCUT2D eigenvalue weighted by atomic mass is 10.1. The third kappa shape index (κ3) is 4.86. The number of hydrogen-bond acceptors (Lipinski definition) is 3. The predicted octanol–water partition coefficient (Wildman–Crippen LogP) is 3.51. The number of nitrogens with one attached hydrogen (secondary N) is 1. The van der Waals surface area contributed by atoms with Crippen LogP contribution in [0.3, 0.4) is 0 Å². The third-order valence-electron chi connectivity index (χ3n) is 4.63. The van der Waals surface area contributed by atoms with Crippen LogP contribution in [-0.2, 0) is 16.9 Å². The number of carbonyl (C=O) groups is 1. The van der Waals surface area contributed by atoms with Crippen LogP contribution in [0.4, 0.5) is 0 Å². The van der Waals surface area contributed by atoms with Gasteiger partial charge in [-0.25, -0.2) is 0 Å². The summed E-state index contributed by atoms with van der Waals surface area (Å²) in [6.45, 7) is 8.73. The van der Waals surface area contributed by atoms with Crippen molar-refractivity contribution in [1.82, 2.24) is 20.0 Å². The number of aromatic nitrogens is 2. The van der Waals surface area contributed by atoms with Gasteiger partial charge in [0.1, 0.15) is 6.04 Å². The molecular weight excluding hydrogens is 348 g/mol. The molecule has 26 heavy (non-hydrogen) atoms. The first kappa shape index (κ1) is 20.5. The molecule has 0 saturated carbocycles. The summed E-state index contributed by atoms with van der Waals surface area (Å²) in [5.41, 5.74) is 2.07. The summed E-state index contributed by atoms with van der Waals surface area (Å²) in [6, 6.07) is 9.68. The maximum absolute atomic E-state index is 13.0. The first-order valence-electron chi connectivity index (χ1n) is 9.06. The van der Waals surface area contributed by atoms with E-state index < -0.39 is 0 Å². The molecule has 1 aromatic carbocycles. The maximum atomic E-state index is 13.0. The molecule has 1 unspecified atom stereocenters. The summed E-state index contributed by atoms with van der Waals surface area (Å²) in [7, 11) is 0. The molecule has 2 heterocycles. The second-order valence-electron chi connectivity index (χ2n) is 7.72. The van der Waals surface area contributed by atoms with E-state index in [2.05, 4.69) is 37.4 Å². The lowest BCUT2D eigenvalue weighted by molar-refractivity contribution is -0.132. The van der Waals surface area contributed by atoms with Crippen LogP contribution < -0.4 is 5.32 Å². The highest BCUT2D eigenvalue weighted by Crippen LogP contribution is 2.20. The SMILES string of the molecule is CC(C)(C)n1cc(CNC(C(=O)N2CCCC2)c2ccccc2)cn1.Cl. The molecule has 1 amide bonds. The van der Waals surface area contributed by atoms with E-state index >= 15 is 0 Å². The number of rotatable bonds is 5. The van der Waals surface area contributed by atoms with Crippen LogP contribution in [0.2, 0.25) is 0 Å². The number of hydrogen-bond donors (Lipinski definition) is 1. The maximum Gasteiger partial charge on any atom is 0.244 e. The Labute approximate surface area is 162 Å². The van der Waals surface area contributed by atoms with Gasteiger partial charge in [-0.2, -0.15) is 5.10 Å². The van der Waals surface area contributed by atoms with Gasteiger partial charge in [0, 0.05) is 31.4 Å². The lowest BCUT2D eigenvalue weighted by Crippen LogP contribution is -2.39. The summed E-state index contributed by atoms with van der Waals surface area (Å²) in [6.07, 6.45) is 6.13. The smallest absolute Gasteiger partial charge is 0.244 e. The number of amides is 1. The third-order valence-corrected chi connectivity index (χ3v) is 4.63. The van der Waals surface area contributed by atoms with Crippen molar-refractivity contribution in [2.24, 2.45) is 0 Å². The second kappa shape index (κ2) is 8.69. The predicted molar refractivity (Wildman–Crippen MR) is 106 cm³/mol. The van der Waals surface area contributed by atoms with Gasteiger partial charge in [-0.1, -0.05) is 30.3 Å². The average molecular weight is 377 g/mol. The highest BCUT2D eigenvalue weighted by Gasteiger charge is 2.27. The molecule has 0 radical (unpaired) electrons. The zero-order valence-electron chi connectivity index (χ0n) is 15.8. The number of halogens is 1. The fourth-order valence-electron chi connectivity index (χ4n) is 3.15. The van der Waals surface area contributed by atoms with Gasteiger partial charge in [0.15, 0.2) is 0 Å². The summed E-state index contributed by atoms with van der Waals surface area (Å²) >= 11 is 0. The van der Waals surface area contributed by atoms with E-state index in [-0.39, 0.29) is 29.9 Å². The second-order valence-corrected chi connectivity index (χ2v) is 7.72. The molecule has 2 aromatic rings. The van der Waals surface area contributed by atoms with E-state index in [9.17, 15) is 4.79 Å². The van der Waals surface area contributed by atoms with E-state index in [1.54, 1.807) is 0 Å². The van der Waals surface area contributed by atoms with Crippen LogP contribution in [0.1, 0.15) is 50.8 Å².